The number of amides is 2. The molecule has 0 bridgehead atoms. The molecule has 2 unspecified atom stereocenters. The highest BCUT2D eigenvalue weighted by Gasteiger charge is 2.52. The summed E-state index contributed by atoms with van der Waals surface area (Å²) in [6, 6.07) is 40.2. The standard InChI is InChI=1S/C54H53FN12O14P2.C5H5N/c1-31(2)48(68)62-53-61-47-43(50(70)63-53)59-30-66(47)51-39(80-82(71)72)26-38(78-51)27-77-83(76-25-11-24-56)81-44-40(79-52(41(44)55)67-46-42(64-65-67)45(57-29-58-46)60-49(69)32-12-7-5-8-13-32)28-75-54(33-14-9-6-10-15-33,34-16-20-36(73-3)21-17-34)35-18-22-37(74-4)23-19-35;1-2-4-6-5-3-1/h5-10,12-23,29-31,38-41,44,51-52H,11,25-28H2,1-4H3,(H,57,58,60,69)(H2,61,62,63,68,70);1-5H/p+1/t38-,39-,40+,41-,44+,51+,52+,83?;/m0./s1. The first kappa shape index (κ1) is 63.1. The molecular formula is C59H59FN13O14P2+. The Labute approximate surface area is 509 Å². The molecule has 460 valence electrons. The molecule has 0 radical (unpaired) electrons. The first-order chi connectivity index (χ1) is 43.3. The lowest BCUT2D eigenvalue weighted by atomic mass is 9.80. The number of nitrogens with one attached hydrogen (secondary N) is 4. The largest absolute Gasteiger partial charge is 0.566 e. The number of rotatable bonds is 24. The van der Waals surface area contributed by atoms with Gasteiger partial charge in [-0.05, 0) is 57.7 Å². The Kier molecular flexibility index (Phi) is 20.8. The van der Waals surface area contributed by atoms with Gasteiger partial charge in [-0.2, -0.15) is 14.9 Å². The number of hydrogen-bond acceptors (Lipinski definition) is 21. The number of imidazole rings is 1. The van der Waals surface area contributed by atoms with Crippen LogP contribution in [0.4, 0.5) is 16.2 Å². The number of benzene rings is 4. The Morgan fingerprint density at radius 1 is 0.854 bits per heavy atom. The number of aromatic nitrogens is 10. The summed E-state index contributed by atoms with van der Waals surface area (Å²) in [5, 5.41) is 23.4. The van der Waals surface area contributed by atoms with E-state index in [1.165, 1.54) is 10.9 Å². The molecule has 89 heavy (non-hydrogen) atoms. The molecular weight excluding hydrogens is 1200 g/mol. The molecule has 2 fully saturated rings. The van der Waals surface area contributed by atoms with Gasteiger partial charge in [-0.1, -0.05) is 97.9 Å². The van der Waals surface area contributed by atoms with Crippen LogP contribution in [0.1, 0.15) is 66.2 Å². The molecule has 4 aromatic carbocycles. The SMILES string of the molecule is COc1ccc(C(OC[C@H]2O[C@@H](n3nnc4c(NC(=O)c5ccccc5)ncnc43)[C@@H](F)[C@@H]2OP(OCCC#N)OC[C@@H]2C[C@H](O[P+](=O)[O-])[C@H](n3cnc4c(=O)[nH]c(NC(=O)C(C)C)nc43)O2)(c2ccccc2)c2ccc(OC)cc2)cc1.c1cc[nH+]cc1. The molecule has 0 saturated carbocycles. The molecule has 9 atom stereocenters. The summed E-state index contributed by atoms with van der Waals surface area (Å²) in [5.41, 5.74) is -0.0213. The van der Waals surface area contributed by atoms with Crippen molar-refractivity contribution in [1.82, 2.24) is 44.5 Å². The fourth-order valence-corrected chi connectivity index (χ4v) is 11.4. The first-order valence-electron chi connectivity index (χ1n) is 27.7. The van der Waals surface area contributed by atoms with E-state index in [0.29, 0.717) is 33.8 Å². The van der Waals surface area contributed by atoms with Gasteiger partial charge in [0.2, 0.25) is 11.9 Å². The van der Waals surface area contributed by atoms with Crippen molar-refractivity contribution < 1.29 is 70.2 Å². The molecule has 7 heterocycles. The van der Waals surface area contributed by atoms with Gasteiger partial charge in [0.1, 0.15) is 35.6 Å². The van der Waals surface area contributed by atoms with E-state index in [1.54, 1.807) is 82.7 Å². The zero-order valence-electron chi connectivity index (χ0n) is 48.1. The Morgan fingerprint density at radius 3 is 2.13 bits per heavy atom. The Hall–Kier alpha value is -8.97. The fraction of sp³-hybridized carbons (Fsp3) is 0.305. The maximum Gasteiger partial charge on any atom is 0.488 e. The highest BCUT2D eigenvalue weighted by atomic mass is 31.2. The lowest BCUT2D eigenvalue weighted by Gasteiger charge is -2.37. The number of halogens is 1. The molecule has 2 amide bonds. The number of carbonyl (C=O) groups is 2. The van der Waals surface area contributed by atoms with Crippen LogP contribution in [0.2, 0.25) is 0 Å². The lowest BCUT2D eigenvalue weighted by Crippen LogP contribution is -2.39. The van der Waals surface area contributed by atoms with Crippen molar-refractivity contribution in [1.29, 1.82) is 5.26 Å². The number of alkyl halides is 1. The minimum Gasteiger partial charge on any atom is -0.566 e. The van der Waals surface area contributed by atoms with Gasteiger partial charge >= 0.3 is 16.9 Å². The number of methoxy groups -OCH3 is 2. The van der Waals surface area contributed by atoms with Gasteiger partial charge in [0.15, 0.2) is 65.3 Å². The highest BCUT2D eigenvalue weighted by Crippen LogP contribution is 2.50. The van der Waals surface area contributed by atoms with Crippen LogP contribution in [-0.2, 0) is 47.3 Å². The monoisotopic (exact) mass is 1250 g/mol. The van der Waals surface area contributed by atoms with Crippen molar-refractivity contribution in [2.45, 2.75) is 75.3 Å². The van der Waals surface area contributed by atoms with E-state index in [4.69, 9.17) is 41.8 Å². The smallest absolute Gasteiger partial charge is 0.488 e. The van der Waals surface area contributed by atoms with Crippen molar-refractivity contribution >= 4 is 62.8 Å². The van der Waals surface area contributed by atoms with Gasteiger partial charge in [-0.15, -0.1) is 9.62 Å². The summed E-state index contributed by atoms with van der Waals surface area (Å²) in [7, 11) is -3.01. The number of aromatic amines is 2. The van der Waals surface area contributed by atoms with Crippen molar-refractivity contribution in [3.63, 3.8) is 0 Å². The Balaban J connectivity index is 0.00000137. The van der Waals surface area contributed by atoms with Gasteiger partial charge in [0, 0.05) is 30.0 Å². The van der Waals surface area contributed by atoms with E-state index in [9.17, 15) is 29.1 Å². The average molecular weight is 1260 g/mol. The summed E-state index contributed by atoms with van der Waals surface area (Å²) in [5.74, 6) is -0.445. The number of pyridine rings is 1. The number of ether oxygens (including phenoxy) is 5. The van der Waals surface area contributed by atoms with E-state index in [-0.39, 0.29) is 60.1 Å². The molecule has 0 aliphatic carbocycles. The maximum absolute atomic E-state index is 18.0. The van der Waals surface area contributed by atoms with Gasteiger partial charge in [-0.25, -0.2) is 24.3 Å². The van der Waals surface area contributed by atoms with Crippen LogP contribution >= 0.6 is 16.9 Å². The maximum atomic E-state index is 18.0. The third-order valence-corrected chi connectivity index (χ3v) is 15.7. The molecule has 0 spiro atoms. The van der Waals surface area contributed by atoms with Crippen LogP contribution in [-0.4, -0.2) is 121 Å². The Morgan fingerprint density at radius 2 is 1.52 bits per heavy atom. The first-order valence-corrected chi connectivity index (χ1v) is 29.9. The second kappa shape index (κ2) is 29.4. The Bertz CT molecular complexity index is 3870. The lowest BCUT2D eigenvalue weighted by molar-refractivity contribution is -0.378. The van der Waals surface area contributed by atoms with Gasteiger partial charge in [-0.3, -0.25) is 29.3 Å². The van der Waals surface area contributed by atoms with Gasteiger partial charge in [0.25, 0.3) is 11.5 Å². The summed E-state index contributed by atoms with van der Waals surface area (Å²) >= 11 is 0. The number of H-pyrrole nitrogens is 2. The predicted molar refractivity (Wildman–Crippen MR) is 314 cm³/mol. The van der Waals surface area contributed by atoms with Crippen LogP contribution in [0.25, 0.3) is 22.3 Å². The van der Waals surface area contributed by atoms with Crippen LogP contribution in [0.5, 0.6) is 11.5 Å². The molecule has 11 rings (SSSR count). The second-order valence-corrected chi connectivity index (χ2v) is 21.9. The van der Waals surface area contributed by atoms with E-state index in [1.807, 2.05) is 91.3 Å². The fourth-order valence-electron chi connectivity index (χ4n) is 9.78. The van der Waals surface area contributed by atoms with E-state index in [0.717, 1.165) is 11.0 Å². The summed E-state index contributed by atoms with van der Waals surface area (Å²) < 4.78 is 87.9. The molecule has 9 aromatic rings. The molecule has 2 aliphatic rings. The van der Waals surface area contributed by atoms with Crippen molar-refractivity contribution in [2.75, 3.05) is 44.7 Å². The summed E-state index contributed by atoms with van der Waals surface area (Å²) in [6.07, 6.45) is -4.33. The molecule has 27 nitrogen and oxygen atoms in total. The topological polar surface area (TPSA) is 339 Å². The van der Waals surface area contributed by atoms with Crippen LogP contribution < -0.4 is 35.5 Å². The molecule has 2 saturated heterocycles. The summed E-state index contributed by atoms with van der Waals surface area (Å²) in [6.45, 7) is 2.29. The number of anilines is 2. The zero-order valence-corrected chi connectivity index (χ0v) is 49.9. The average Bonchev–Trinajstić information content (AvgIpc) is 2.16. The number of hydrogen-bond donors (Lipinski definition) is 3. The minimum atomic E-state index is -3.46. The third kappa shape index (κ3) is 14.6. The van der Waals surface area contributed by atoms with Gasteiger partial charge in [0.05, 0.1) is 59.0 Å². The molecule has 2 aliphatic heterocycles. The minimum absolute atomic E-state index is 0.0113. The van der Waals surface area contributed by atoms with E-state index >= 15 is 4.39 Å². The number of nitriles is 1. The highest BCUT2D eigenvalue weighted by molar-refractivity contribution is 7.41. The number of carbonyl (C=O) groups excluding carboxylic acids is 2. The van der Waals surface area contributed by atoms with Gasteiger partial charge < -0.3 is 47.5 Å². The number of nitrogens with zero attached hydrogens (tertiary/aromatic N) is 9. The van der Waals surface area contributed by atoms with Crippen molar-refractivity contribution in [3.05, 3.63) is 185 Å². The number of fused-ring (bicyclic) bond motifs is 2. The zero-order chi connectivity index (χ0) is 62.4. The van der Waals surface area contributed by atoms with Crippen LogP contribution in [0.3, 0.4) is 0 Å². The summed E-state index contributed by atoms with van der Waals surface area (Å²) in [4.78, 5) is 73.6. The van der Waals surface area contributed by atoms with Crippen LogP contribution in [0.15, 0.2) is 157 Å². The van der Waals surface area contributed by atoms with Crippen molar-refractivity contribution in [3.8, 4) is 17.6 Å². The molecule has 5 aromatic heterocycles. The predicted octanol–water partition coefficient (Wildman–Crippen LogP) is 7.21. The van der Waals surface area contributed by atoms with Crippen molar-refractivity contribution in [2.24, 2.45) is 5.92 Å². The van der Waals surface area contributed by atoms with E-state index in [2.05, 4.69) is 50.8 Å². The van der Waals surface area contributed by atoms with E-state index < -0.39 is 95.4 Å². The third-order valence-electron chi connectivity index (χ3n) is 14.1. The molecule has 30 heteroatoms. The molecule has 4 N–H and O–H groups in total. The normalized spacial score (nSPS) is 19.5. The quantitative estimate of drug-likeness (QED) is 0.0305. The second-order valence-electron chi connectivity index (χ2n) is 20.1. The van der Waals surface area contributed by atoms with Crippen LogP contribution in [0, 0.1) is 17.2 Å².